The number of carboxylic acid groups (broad SMARTS) is 1. The van der Waals surface area contributed by atoms with Crippen LogP contribution < -0.4 is 11.3 Å². The Morgan fingerprint density at radius 3 is 2.42 bits per heavy atom. The number of nitrogens with zero attached hydrogens (tertiary/aromatic N) is 1. The van der Waals surface area contributed by atoms with Gasteiger partial charge in [-0.05, 0) is 42.7 Å². The summed E-state index contributed by atoms with van der Waals surface area (Å²) in [6.07, 6.45) is 0.400. The quantitative estimate of drug-likeness (QED) is 0.797. The number of pyridine rings is 1. The summed E-state index contributed by atoms with van der Waals surface area (Å²) in [5.74, 6) is -1.53. The Kier molecular flexibility index (Phi) is 5.03. The van der Waals surface area contributed by atoms with Gasteiger partial charge in [0, 0.05) is 5.69 Å². The second-order valence-corrected chi connectivity index (χ2v) is 5.37. The summed E-state index contributed by atoms with van der Waals surface area (Å²) in [6, 6.07) is 8.48. The van der Waals surface area contributed by atoms with Gasteiger partial charge in [0.25, 0.3) is 5.56 Å². The molecule has 126 valence electrons. The summed E-state index contributed by atoms with van der Waals surface area (Å²) >= 11 is 0. The van der Waals surface area contributed by atoms with Gasteiger partial charge in [-0.3, -0.25) is 14.2 Å². The van der Waals surface area contributed by atoms with Crippen LogP contribution in [0.4, 0.5) is 5.69 Å². The number of nitrogen functional groups attached to an aromatic ring is 1. The molecule has 2 aromatic rings. The van der Waals surface area contributed by atoms with Crippen molar-refractivity contribution in [2.75, 3.05) is 12.8 Å². The van der Waals surface area contributed by atoms with E-state index in [9.17, 15) is 14.4 Å². The Labute approximate surface area is 138 Å². The first kappa shape index (κ1) is 17.3. The topological polar surface area (TPSA) is 112 Å². The number of hydrogen-bond donors (Lipinski definition) is 2. The minimum Gasteiger partial charge on any atom is -0.480 e. The first-order chi connectivity index (χ1) is 11.3. The monoisotopic (exact) mass is 330 g/mol. The second-order valence-electron chi connectivity index (χ2n) is 5.37. The SMILES string of the molecule is COC(=O)c1ccc(Cc2cc(C)n(CC(=O)O)c(=O)c2N)cc1. The highest BCUT2D eigenvalue weighted by molar-refractivity contribution is 5.89. The lowest BCUT2D eigenvalue weighted by Gasteiger charge is -2.13. The first-order valence-corrected chi connectivity index (χ1v) is 7.21. The number of carboxylic acids is 1. The molecular weight excluding hydrogens is 312 g/mol. The molecule has 0 spiro atoms. The normalized spacial score (nSPS) is 10.4. The Hall–Kier alpha value is -3.09. The van der Waals surface area contributed by atoms with Crippen LogP contribution in [-0.4, -0.2) is 28.7 Å². The van der Waals surface area contributed by atoms with Crippen molar-refractivity contribution >= 4 is 17.6 Å². The maximum Gasteiger partial charge on any atom is 0.337 e. The summed E-state index contributed by atoms with van der Waals surface area (Å²) in [5, 5.41) is 8.86. The third-order valence-electron chi connectivity index (χ3n) is 3.69. The highest BCUT2D eigenvalue weighted by Gasteiger charge is 2.13. The summed E-state index contributed by atoms with van der Waals surface area (Å²) in [4.78, 5) is 34.5. The van der Waals surface area contributed by atoms with E-state index in [0.717, 1.165) is 10.1 Å². The van der Waals surface area contributed by atoms with Gasteiger partial charge in [-0.2, -0.15) is 0 Å². The first-order valence-electron chi connectivity index (χ1n) is 7.21. The highest BCUT2D eigenvalue weighted by atomic mass is 16.5. The number of aliphatic carboxylic acids is 1. The summed E-state index contributed by atoms with van der Waals surface area (Å²) < 4.78 is 5.77. The number of ether oxygens (including phenoxy) is 1. The van der Waals surface area contributed by atoms with Gasteiger partial charge in [0.05, 0.1) is 12.7 Å². The molecule has 0 radical (unpaired) electrons. The Morgan fingerprint density at radius 1 is 1.25 bits per heavy atom. The van der Waals surface area contributed by atoms with Crippen molar-refractivity contribution in [3.8, 4) is 0 Å². The number of methoxy groups -OCH3 is 1. The number of esters is 1. The van der Waals surface area contributed by atoms with Crippen LogP contribution in [-0.2, 0) is 22.5 Å². The Morgan fingerprint density at radius 2 is 1.88 bits per heavy atom. The van der Waals surface area contributed by atoms with Crippen LogP contribution in [0, 0.1) is 6.92 Å². The highest BCUT2D eigenvalue weighted by Crippen LogP contribution is 2.16. The molecule has 0 saturated carbocycles. The number of hydrogen-bond acceptors (Lipinski definition) is 5. The molecule has 0 aliphatic carbocycles. The van der Waals surface area contributed by atoms with Crippen molar-refractivity contribution in [1.82, 2.24) is 4.57 Å². The molecule has 0 saturated heterocycles. The average molecular weight is 330 g/mol. The lowest BCUT2D eigenvalue weighted by atomic mass is 10.0. The average Bonchev–Trinajstić information content (AvgIpc) is 2.56. The van der Waals surface area contributed by atoms with E-state index in [0.29, 0.717) is 23.2 Å². The fourth-order valence-corrected chi connectivity index (χ4v) is 2.43. The maximum absolute atomic E-state index is 12.2. The molecule has 7 heteroatoms. The van der Waals surface area contributed by atoms with Crippen LogP contribution in [0.15, 0.2) is 35.1 Å². The zero-order valence-electron chi connectivity index (χ0n) is 13.4. The minimum atomic E-state index is -1.11. The van der Waals surface area contributed by atoms with Crippen molar-refractivity contribution in [3.63, 3.8) is 0 Å². The van der Waals surface area contributed by atoms with Gasteiger partial charge in [-0.25, -0.2) is 4.79 Å². The predicted octanol–water partition coefficient (Wildman–Crippen LogP) is 1.20. The number of benzene rings is 1. The van der Waals surface area contributed by atoms with Crippen LogP contribution in [0.2, 0.25) is 0 Å². The van der Waals surface area contributed by atoms with Crippen molar-refractivity contribution in [2.24, 2.45) is 0 Å². The van der Waals surface area contributed by atoms with Crippen molar-refractivity contribution in [2.45, 2.75) is 19.9 Å². The third kappa shape index (κ3) is 3.62. The van der Waals surface area contributed by atoms with E-state index in [4.69, 9.17) is 10.8 Å². The van der Waals surface area contributed by atoms with Gasteiger partial charge in [-0.15, -0.1) is 0 Å². The van der Waals surface area contributed by atoms with Gasteiger partial charge in [-0.1, -0.05) is 12.1 Å². The molecule has 0 bridgehead atoms. The Bertz CT molecular complexity index is 837. The van der Waals surface area contributed by atoms with Crippen LogP contribution >= 0.6 is 0 Å². The molecule has 1 aromatic heterocycles. The largest absolute Gasteiger partial charge is 0.480 e. The van der Waals surface area contributed by atoms with E-state index in [1.54, 1.807) is 37.3 Å². The number of anilines is 1. The maximum atomic E-state index is 12.2. The molecule has 24 heavy (non-hydrogen) atoms. The molecule has 0 aliphatic heterocycles. The molecule has 0 unspecified atom stereocenters. The van der Waals surface area contributed by atoms with E-state index in [-0.39, 0.29) is 5.69 Å². The van der Waals surface area contributed by atoms with E-state index >= 15 is 0 Å². The van der Waals surface area contributed by atoms with E-state index in [1.165, 1.54) is 7.11 Å². The van der Waals surface area contributed by atoms with Crippen LogP contribution in [0.25, 0.3) is 0 Å². The molecule has 0 atom stereocenters. The molecule has 3 N–H and O–H groups in total. The van der Waals surface area contributed by atoms with Crippen LogP contribution in [0.1, 0.15) is 27.2 Å². The van der Waals surface area contributed by atoms with Gasteiger partial charge in [0.1, 0.15) is 12.2 Å². The van der Waals surface area contributed by atoms with E-state index < -0.39 is 24.0 Å². The molecule has 0 aliphatic rings. The molecule has 2 rings (SSSR count). The zero-order valence-corrected chi connectivity index (χ0v) is 13.4. The lowest BCUT2D eigenvalue weighted by Crippen LogP contribution is -2.29. The van der Waals surface area contributed by atoms with E-state index in [1.807, 2.05) is 0 Å². The molecule has 0 amide bonds. The van der Waals surface area contributed by atoms with Gasteiger partial charge in [0.15, 0.2) is 0 Å². The molecular formula is C17H18N2O5. The Balaban J connectivity index is 2.32. The number of rotatable bonds is 5. The van der Waals surface area contributed by atoms with Gasteiger partial charge in [0.2, 0.25) is 0 Å². The fourth-order valence-electron chi connectivity index (χ4n) is 2.43. The molecule has 7 nitrogen and oxygen atoms in total. The number of aryl methyl sites for hydroxylation is 1. The smallest absolute Gasteiger partial charge is 0.337 e. The predicted molar refractivity (Wildman–Crippen MR) is 88.1 cm³/mol. The molecule has 0 fully saturated rings. The third-order valence-corrected chi connectivity index (χ3v) is 3.69. The summed E-state index contributed by atoms with van der Waals surface area (Å²) in [6.45, 7) is 1.23. The van der Waals surface area contributed by atoms with Gasteiger partial charge < -0.3 is 15.6 Å². The van der Waals surface area contributed by atoms with Crippen LogP contribution in [0.3, 0.4) is 0 Å². The van der Waals surface area contributed by atoms with Crippen molar-refractivity contribution in [3.05, 3.63) is 63.1 Å². The fraction of sp³-hybridized carbons (Fsp3) is 0.235. The van der Waals surface area contributed by atoms with Crippen molar-refractivity contribution in [1.29, 1.82) is 0 Å². The van der Waals surface area contributed by atoms with Gasteiger partial charge >= 0.3 is 11.9 Å². The number of carbonyl (C=O) groups is 2. The van der Waals surface area contributed by atoms with Crippen molar-refractivity contribution < 1.29 is 19.4 Å². The van der Waals surface area contributed by atoms with E-state index in [2.05, 4.69) is 4.74 Å². The minimum absolute atomic E-state index is 0.0268. The second kappa shape index (κ2) is 6.99. The number of nitrogens with two attached hydrogens (primary N) is 1. The van der Waals surface area contributed by atoms with Crippen LogP contribution in [0.5, 0.6) is 0 Å². The summed E-state index contributed by atoms with van der Waals surface area (Å²) in [7, 11) is 1.31. The molecule has 1 aromatic carbocycles. The number of carbonyl (C=O) groups excluding carboxylic acids is 1. The standard InChI is InChI=1S/C17H18N2O5/c1-10-7-13(15(18)16(22)19(10)9-14(20)21)8-11-3-5-12(6-4-11)17(23)24-2/h3-7H,8-9,18H2,1-2H3,(H,20,21). The summed E-state index contributed by atoms with van der Waals surface area (Å²) in [5.41, 5.74) is 7.83. The zero-order chi connectivity index (χ0) is 17.9. The number of aromatic nitrogens is 1. The lowest BCUT2D eigenvalue weighted by molar-refractivity contribution is -0.137. The molecule has 1 heterocycles.